The molecule has 162 valence electrons. The van der Waals surface area contributed by atoms with E-state index >= 15 is 0 Å². The first kappa shape index (κ1) is 21.6. The summed E-state index contributed by atoms with van der Waals surface area (Å²) in [6, 6.07) is 19.8. The molecule has 4 rings (SSSR count). The molecule has 0 amide bonds. The van der Waals surface area contributed by atoms with Crippen molar-refractivity contribution in [1.82, 2.24) is 4.57 Å². The number of rotatable bonds is 6. The minimum absolute atomic E-state index is 0.0622. The van der Waals surface area contributed by atoms with Crippen LogP contribution in [0.15, 0.2) is 76.0 Å². The summed E-state index contributed by atoms with van der Waals surface area (Å²) in [7, 11) is 3.07. The van der Waals surface area contributed by atoms with Gasteiger partial charge in [0.05, 0.1) is 20.8 Å². The van der Waals surface area contributed by atoms with Gasteiger partial charge in [-0.1, -0.05) is 52.3 Å². The van der Waals surface area contributed by atoms with Crippen LogP contribution in [0, 0.1) is 0 Å². The maximum atomic E-state index is 13.5. The molecule has 1 N–H and O–H groups in total. The Morgan fingerprint density at radius 1 is 0.938 bits per heavy atom. The van der Waals surface area contributed by atoms with Crippen LogP contribution < -0.4 is 15.0 Å². The monoisotopic (exact) mass is 493 g/mol. The van der Waals surface area contributed by atoms with Gasteiger partial charge in [0.25, 0.3) is 5.56 Å². The zero-order valence-corrected chi connectivity index (χ0v) is 19.0. The second-order valence-corrected chi connectivity index (χ2v) is 8.08. The largest absolute Gasteiger partial charge is 0.493 e. The van der Waals surface area contributed by atoms with Crippen LogP contribution in [0.5, 0.6) is 11.5 Å². The summed E-state index contributed by atoms with van der Waals surface area (Å²) in [6.45, 7) is 0.0622. The number of carboxylic acids is 1. The van der Waals surface area contributed by atoms with Crippen molar-refractivity contribution in [3.05, 3.63) is 92.8 Å². The number of benzene rings is 3. The molecular weight excluding hydrogens is 474 g/mol. The summed E-state index contributed by atoms with van der Waals surface area (Å²) in [5.74, 6) is -0.123. The Labute approximate surface area is 192 Å². The lowest BCUT2D eigenvalue weighted by molar-refractivity contribution is 0.0685. The normalized spacial score (nSPS) is 10.8. The van der Waals surface area contributed by atoms with E-state index in [0.29, 0.717) is 39.0 Å². The fourth-order valence-corrected chi connectivity index (χ4v) is 4.21. The molecule has 0 saturated heterocycles. The number of hydrogen-bond acceptors (Lipinski definition) is 4. The Hall–Kier alpha value is -3.58. The maximum absolute atomic E-state index is 13.5. The SMILES string of the molecule is COc1ccc(Cn2c(C(=O)O)c(-c3ccccc3)c3cc(Br)ccc3c2=O)cc1OC. The zero-order chi connectivity index (χ0) is 22.8. The van der Waals surface area contributed by atoms with E-state index in [4.69, 9.17) is 9.47 Å². The third kappa shape index (κ3) is 3.87. The number of nitrogens with zero attached hydrogens (tertiary/aromatic N) is 1. The van der Waals surface area contributed by atoms with Crippen LogP contribution in [0.1, 0.15) is 16.1 Å². The number of hydrogen-bond donors (Lipinski definition) is 1. The van der Waals surface area contributed by atoms with Crippen molar-refractivity contribution in [3.8, 4) is 22.6 Å². The van der Waals surface area contributed by atoms with Crippen LogP contribution in [0.4, 0.5) is 0 Å². The molecule has 1 heterocycles. The van der Waals surface area contributed by atoms with Crippen molar-refractivity contribution in [2.24, 2.45) is 0 Å². The van der Waals surface area contributed by atoms with E-state index in [-0.39, 0.29) is 17.8 Å². The fraction of sp³-hybridized carbons (Fsp3) is 0.120. The Kier molecular flexibility index (Phi) is 6.01. The number of aromatic nitrogens is 1. The van der Waals surface area contributed by atoms with Crippen molar-refractivity contribution >= 4 is 32.7 Å². The molecule has 0 radical (unpaired) electrons. The minimum Gasteiger partial charge on any atom is -0.493 e. The molecule has 0 aliphatic rings. The predicted molar refractivity (Wildman–Crippen MR) is 127 cm³/mol. The van der Waals surface area contributed by atoms with Gasteiger partial charge in [0, 0.05) is 15.4 Å². The zero-order valence-electron chi connectivity index (χ0n) is 17.5. The lowest BCUT2D eigenvalue weighted by Gasteiger charge is -2.18. The highest BCUT2D eigenvalue weighted by atomic mass is 79.9. The smallest absolute Gasteiger partial charge is 0.353 e. The van der Waals surface area contributed by atoms with Gasteiger partial charge in [-0.25, -0.2) is 4.79 Å². The van der Waals surface area contributed by atoms with Gasteiger partial charge >= 0.3 is 5.97 Å². The van der Waals surface area contributed by atoms with E-state index in [1.54, 1.807) is 36.4 Å². The van der Waals surface area contributed by atoms with E-state index in [9.17, 15) is 14.7 Å². The van der Waals surface area contributed by atoms with Gasteiger partial charge in [-0.2, -0.15) is 0 Å². The van der Waals surface area contributed by atoms with E-state index in [0.717, 1.165) is 4.47 Å². The van der Waals surface area contributed by atoms with Gasteiger partial charge in [0.15, 0.2) is 11.5 Å². The van der Waals surface area contributed by atoms with Gasteiger partial charge < -0.3 is 14.6 Å². The van der Waals surface area contributed by atoms with Crippen molar-refractivity contribution in [2.45, 2.75) is 6.54 Å². The quantitative estimate of drug-likeness (QED) is 0.399. The molecule has 0 spiro atoms. The minimum atomic E-state index is -1.18. The van der Waals surface area contributed by atoms with Crippen LogP contribution in [0.2, 0.25) is 0 Å². The van der Waals surface area contributed by atoms with Crippen LogP contribution in [-0.4, -0.2) is 29.9 Å². The second-order valence-electron chi connectivity index (χ2n) is 7.17. The summed E-state index contributed by atoms with van der Waals surface area (Å²) in [5, 5.41) is 11.2. The van der Waals surface area contributed by atoms with Crippen molar-refractivity contribution in [1.29, 1.82) is 0 Å². The van der Waals surface area contributed by atoms with Crippen LogP contribution in [0.25, 0.3) is 21.9 Å². The standard InChI is InChI=1S/C25H20BrNO5/c1-31-20-11-8-15(12-21(20)32-2)14-27-23(25(29)30)22(16-6-4-3-5-7-16)19-13-17(26)9-10-18(19)24(27)28/h3-13H,14H2,1-2H3,(H,29,30). The number of ether oxygens (including phenoxy) is 2. The molecule has 0 fully saturated rings. The average molecular weight is 494 g/mol. The molecule has 3 aromatic carbocycles. The van der Waals surface area contributed by atoms with Gasteiger partial charge in [0.2, 0.25) is 0 Å². The molecule has 0 unspecified atom stereocenters. The van der Waals surface area contributed by atoms with Gasteiger partial charge in [0.1, 0.15) is 5.69 Å². The molecule has 6 nitrogen and oxygen atoms in total. The molecule has 0 aliphatic carbocycles. The predicted octanol–water partition coefficient (Wildman–Crippen LogP) is 5.19. The lowest BCUT2D eigenvalue weighted by atomic mass is 9.96. The summed E-state index contributed by atoms with van der Waals surface area (Å²) in [4.78, 5) is 26.0. The summed E-state index contributed by atoms with van der Waals surface area (Å²) >= 11 is 3.45. The molecule has 0 atom stereocenters. The van der Waals surface area contributed by atoms with E-state index in [2.05, 4.69) is 15.9 Å². The molecule has 0 saturated carbocycles. The second kappa shape index (κ2) is 8.88. The fourth-order valence-electron chi connectivity index (χ4n) is 3.85. The molecule has 0 bridgehead atoms. The van der Waals surface area contributed by atoms with Crippen molar-refractivity contribution < 1.29 is 19.4 Å². The summed E-state index contributed by atoms with van der Waals surface area (Å²) in [6.07, 6.45) is 0. The highest BCUT2D eigenvalue weighted by Crippen LogP contribution is 2.33. The van der Waals surface area contributed by atoms with Gasteiger partial charge in [-0.15, -0.1) is 0 Å². The number of halogens is 1. The molecule has 32 heavy (non-hydrogen) atoms. The number of fused-ring (bicyclic) bond motifs is 1. The Morgan fingerprint density at radius 3 is 2.31 bits per heavy atom. The first-order valence-electron chi connectivity index (χ1n) is 9.80. The van der Waals surface area contributed by atoms with Crippen molar-refractivity contribution in [2.75, 3.05) is 14.2 Å². The number of methoxy groups -OCH3 is 2. The summed E-state index contributed by atoms with van der Waals surface area (Å²) in [5.41, 5.74) is 1.48. The number of pyridine rings is 1. The van der Waals surface area contributed by atoms with Crippen molar-refractivity contribution in [3.63, 3.8) is 0 Å². The van der Waals surface area contributed by atoms with Gasteiger partial charge in [-0.3, -0.25) is 9.36 Å². The highest BCUT2D eigenvalue weighted by Gasteiger charge is 2.23. The molecule has 7 heteroatoms. The Bertz CT molecular complexity index is 1380. The molecule has 1 aromatic heterocycles. The van der Waals surface area contributed by atoms with Crippen LogP contribution in [-0.2, 0) is 6.54 Å². The van der Waals surface area contributed by atoms with E-state index in [1.807, 2.05) is 30.3 Å². The lowest BCUT2D eigenvalue weighted by Crippen LogP contribution is -2.28. The van der Waals surface area contributed by atoms with Gasteiger partial charge in [-0.05, 0) is 46.8 Å². The molecule has 0 aliphatic heterocycles. The highest BCUT2D eigenvalue weighted by molar-refractivity contribution is 9.10. The third-order valence-electron chi connectivity index (χ3n) is 5.29. The topological polar surface area (TPSA) is 77.8 Å². The van der Waals surface area contributed by atoms with Crippen LogP contribution >= 0.6 is 15.9 Å². The number of aromatic carboxylic acids is 1. The number of carboxylic acid groups (broad SMARTS) is 1. The Balaban J connectivity index is 2.04. The maximum Gasteiger partial charge on any atom is 0.353 e. The Morgan fingerprint density at radius 2 is 1.66 bits per heavy atom. The first-order chi connectivity index (χ1) is 15.4. The average Bonchev–Trinajstić information content (AvgIpc) is 2.80. The van der Waals surface area contributed by atoms with E-state index in [1.165, 1.54) is 18.8 Å². The molecule has 4 aromatic rings. The third-order valence-corrected chi connectivity index (χ3v) is 5.78. The summed E-state index contributed by atoms with van der Waals surface area (Å²) < 4.78 is 12.7. The van der Waals surface area contributed by atoms with Crippen LogP contribution in [0.3, 0.4) is 0 Å². The molecular formula is C25H20BrNO5. The number of carbonyl (C=O) groups is 1. The van der Waals surface area contributed by atoms with E-state index < -0.39 is 5.97 Å². The first-order valence-corrected chi connectivity index (χ1v) is 10.6.